The number of rotatable bonds is 8. The van der Waals surface area contributed by atoms with E-state index in [2.05, 4.69) is 62.7 Å². The number of alkyl halides is 3. The molecule has 4 heterocycles. The van der Waals surface area contributed by atoms with Crippen molar-refractivity contribution in [2.75, 3.05) is 49.5 Å². The molecule has 0 amide bonds. The Morgan fingerprint density at radius 2 is 1.49 bits per heavy atom. The van der Waals surface area contributed by atoms with E-state index in [1.165, 1.54) is 39.6 Å². The minimum absolute atomic E-state index is 0. The van der Waals surface area contributed by atoms with Crippen LogP contribution in [-0.4, -0.2) is 67.3 Å². The first kappa shape index (κ1) is 43.2. The zero-order chi connectivity index (χ0) is 40.9. The zero-order valence-corrected chi connectivity index (χ0v) is 32.7. The molecule has 297 valence electrons. The largest absolute Gasteiger partial charge is 3.00 e. The molecule has 0 atom stereocenters. The number of nitrogens with one attached hydrogen (secondary N) is 1. The number of nitrogens with zero attached hydrogens (tertiary/aromatic N) is 15. The molecule has 0 unspecified atom stereocenters. The van der Waals surface area contributed by atoms with Crippen LogP contribution in [0.2, 0.25) is 0 Å². The van der Waals surface area contributed by atoms with Crippen LogP contribution in [0.25, 0.3) is 25.2 Å². The molecule has 6 rings (SSSR count). The summed E-state index contributed by atoms with van der Waals surface area (Å²) < 4.78 is 67.6. The maximum Gasteiger partial charge on any atom is 3.00 e. The molecule has 1 N–H and O–H groups in total. The summed E-state index contributed by atoms with van der Waals surface area (Å²) in [6.07, 6.45) is 3.52. The van der Waals surface area contributed by atoms with Gasteiger partial charge >= 0.3 is 27.9 Å². The van der Waals surface area contributed by atoms with E-state index in [4.69, 9.17) is 23.7 Å². The van der Waals surface area contributed by atoms with Crippen molar-refractivity contribution < 1.29 is 38.1 Å². The van der Waals surface area contributed by atoms with Crippen molar-refractivity contribution in [1.82, 2.24) is 19.1 Å². The van der Waals surface area contributed by atoms with Gasteiger partial charge in [-0.3, -0.25) is 4.57 Å². The average Bonchev–Trinajstić information content (AvgIpc) is 3.66. The monoisotopic (exact) mass is 843 g/mol. The maximum atomic E-state index is 12.9. The Hall–Kier alpha value is -6.55. The van der Waals surface area contributed by atoms with Crippen molar-refractivity contribution >= 4 is 67.7 Å². The second kappa shape index (κ2) is 17.5. The molecule has 0 fully saturated rings. The third-order valence-corrected chi connectivity index (χ3v) is 9.89. The van der Waals surface area contributed by atoms with Gasteiger partial charge in [-0.25, -0.2) is 8.42 Å². The molecule has 1 radical (unpaired) electrons. The first-order valence-electron chi connectivity index (χ1n) is 16.5. The second-order valence-corrected chi connectivity index (χ2v) is 14.0. The van der Waals surface area contributed by atoms with Gasteiger partial charge in [0.15, 0.2) is 21.4 Å². The van der Waals surface area contributed by atoms with Crippen molar-refractivity contribution in [2.45, 2.75) is 31.2 Å². The van der Waals surface area contributed by atoms with Gasteiger partial charge in [-0.15, -0.1) is 34.3 Å². The third kappa shape index (κ3) is 8.96. The van der Waals surface area contributed by atoms with E-state index in [0.29, 0.717) is 24.3 Å². The first-order chi connectivity index (χ1) is 26.6. The van der Waals surface area contributed by atoms with Gasteiger partial charge in [0.05, 0.1) is 12.7 Å². The van der Waals surface area contributed by atoms with Gasteiger partial charge in [-0.05, 0) is 42.9 Å². The number of nitriles is 2. The van der Waals surface area contributed by atoms with Gasteiger partial charge < -0.3 is 44.9 Å². The van der Waals surface area contributed by atoms with Gasteiger partial charge in [0.25, 0.3) is 17.6 Å². The average molecular weight is 844 g/mol. The minimum atomic E-state index is -5.80. The molecule has 57 heavy (non-hydrogen) atoms. The number of anilines is 3. The van der Waals surface area contributed by atoms with E-state index >= 15 is 0 Å². The Morgan fingerprint density at radius 3 is 2.00 bits per heavy atom. The normalized spacial score (nSPS) is 13.3. The molecule has 2 aliphatic heterocycles. The number of aromatic nitrogens is 4. The van der Waals surface area contributed by atoms with E-state index in [-0.39, 0.29) is 57.1 Å². The Kier molecular flexibility index (Phi) is 13.3. The second-order valence-electron chi connectivity index (χ2n) is 12.4. The summed E-state index contributed by atoms with van der Waals surface area (Å²) >= 11 is 0. The zero-order valence-electron chi connectivity index (χ0n) is 30.9. The summed E-state index contributed by atoms with van der Waals surface area (Å²) in [6, 6.07) is 10.6. The Labute approximate surface area is 336 Å². The van der Waals surface area contributed by atoms with Crippen LogP contribution in [-0.2, 0) is 53.5 Å². The van der Waals surface area contributed by atoms with E-state index in [1.54, 1.807) is 26.0 Å². The number of hydrogen-bond acceptors (Lipinski definition) is 11. The number of halogens is 3. The van der Waals surface area contributed by atoms with Crippen molar-refractivity contribution in [3.05, 3.63) is 85.1 Å². The summed E-state index contributed by atoms with van der Waals surface area (Å²) in [4.78, 5) is 18.3. The van der Waals surface area contributed by atoms with E-state index in [1.807, 2.05) is 24.3 Å². The van der Waals surface area contributed by atoms with Crippen LogP contribution < -0.4 is 15.2 Å². The number of fused-ring (bicyclic) bond motifs is 2. The third-order valence-electron chi connectivity index (χ3n) is 8.87. The van der Waals surface area contributed by atoms with Crippen molar-refractivity contribution in [3.8, 4) is 12.1 Å². The molecule has 2 aliphatic rings. The molecule has 0 aliphatic carbocycles. The summed E-state index contributed by atoms with van der Waals surface area (Å²) in [7, 11) is 2.80. The molecule has 0 saturated carbocycles. The summed E-state index contributed by atoms with van der Waals surface area (Å²) in [6.45, 7) is 15.9. The van der Waals surface area contributed by atoms with Crippen LogP contribution in [0.15, 0.2) is 34.5 Å². The molecule has 4 aromatic rings. The predicted octanol–water partition coefficient (Wildman–Crippen LogP) is 8.38. The van der Waals surface area contributed by atoms with Gasteiger partial charge in [-0.1, -0.05) is 36.3 Å². The van der Waals surface area contributed by atoms with E-state index < -0.39 is 21.2 Å². The van der Waals surface area contributed by atoms with Crippen LogP contribution in [0.3, 0.4) is 0 Å². The van der Waals surface area contributed by atoms with Crippen molar-refractivity contribution in [1.29, 1.82) is 10.5 Å². The fraction of sp³-hybridized carbons (Fsp3) is 0.353. The summed E-state index contributed by atoms with van der Waals surface area (Å²) in [5.74, 6) is -0.0300. The minimum Gasteiger partial charge on any atom is -0.685 e. The Balaban J connectivity index is 0.000000254. The SMILES string of the molecule is C[N-]c1cc2c(cc1N=Nc1nc(C#N)c(C#N)n1C)CCCN2C.[C-]#[N+]c1nc(N[N-]c2cc3c(cc2[N-]S(=O)(=O)C(F)(F)F)N(C)CCC3)n(C)c1[N+]#[C-].[Ni+3]. The van der Waals surface area contributed by atoms with Gasteiger partial charge in [0.2, 0.25) is 0 Å². The molecule has 18 nitrogen and oxygen atoms in total. The molecular weight excluding hydrogens is 812 g/mol. The van der Waals surface area contributed by atoms with Gasteiger partial charge in [0, 0.05) is 45.6 Å². The number of hydrogen-bond donors (Lipinski definition) is 1. The van der Waals surface area contributed by atoms with Crippen molar-refractivity contribution in [2.24, 2.45) is 24.3 Å². The molecule has 0 bridgehead atoms. The summed E-state index contributed by atoms with van der Waals surface area (Å²) in [5.41, 5.74) is 5.56. The van der Waals surface area contributed by atoms with E-state index in [0.717, 1.165) is 37.1 Å². The van der Waals surface area contributed by atoms with Gasteiger partial charge in [0.1, 0.15) is 12.1 Å². The quantitative estimate of drug-likeness (QED) is 0.0780. The fourth-order valence-electron chi connectivity index (χ4n) is 5.95. The molecular formula is C34H32F3N16NiO2S. The molecule has 23 heteroatoms. The van der Waals surface area contributed by atoms with Crippen LogP contribution >= 0.6 is 0 Å². The maximum absolute atomic E-state index is 12.9. The predicted molar refractivity (Wildman–Crippen MR) is 202 cm³/mol. The number of benzene rings is 2. The number of aryl methyl sites for hydroxylation is 2. The first-order valence-corrected chi connectivity index (χ1v) is 18.0. The smallest absolute Gasteiger partial charge is 0.685 e. The topological polar surface area (TPSA) is 212 Å². The molecule has 0 spiro atoms. The van der Waals surface area contributed by atoms with Crippen LogP contribution in [0, 0.1) is 35.8 Å². The van der Waals surface area contributed by atoms with Gasteiger partial charge in [-0.2, -0.15) is 28.7 Å². The molecule has 2 aromatic carbocycles. The van der Waals surface area contributed by atoms with Crippen LogP contribution in [0.4, 0.5) is 70.8 Å². The fourth-order valence-corrected chi connectivity index (χ4v) is 6.46. The Morgan fingerprint density at radius 1 is 0.877 bits per heavy atom. The van der Waals surface area contributed by atoms with Crippen LogP contribution in [0.1, 0.15) is 35.4 Å². The Bertz CT molecular complexity index is 2490. The number of sulfonamides is 1. The molecule has 0 saturated heterocycles. The number of imidazole rings is 2. The standard InChI is InChI=1S/C17H15F3N8O2S.C17H17N8.Ni/c1-21-14-15(22-2)28(4)16(23-14)25-24-11-8-10-6-5-7-27(3)13(10)9-12(11)26-31(29,30)17(18,19)20;1-20-12-8-15-11(5-4-6-24(15)2)7-13(12)22-23-17-21-14(9-18)16(10-19)25(17)3;/h8-9H,5-7H2,3-4H3,(H,23,25);7-8H,4-6H2,1-3H3;/q-2;-1;+3. The van der Waals surface area contributed by atoms with E-state index in [9.17, 15) is 21.6 Å². The van der Waals surface area contributed by atoms with Crippen LogP contribution in [0.5, 0.6) is 0 Å². The summed E-state index contributed by atoms with van der Waals surface area (Å²) in [5, 5.41) is 30.9. The number of azo groups is 1. The van der Waals surface area contributed by atoms with Crippen molar-refractivity contribution in [3.63, 3.8) is 0 Å². The molecule has 2 aromatic heterocycles.